The molecule has 0 saturated carbocycles. The Morgan fingerprint density at radius 2 is 1.89 bits per heavy atom. The maximum absolute atomic E-state index is 12.7. The summed E-state index contributed by atoms with van der Waals surface area (Å²) >= 11 is 6.36. The zero-order valence-corrected chi connectivity index (χ0v) is 19.0. The number of piperidine rings is 1. The highest BCUT2D eigenvalue weighted by molar-refractivity contribution is 6.30. The van der Waals surface area contributed by atoms with Crippen LogP contribution in [0.5, 0.6) is 0 Å². The van der Waals surface area contributed by atoms with E-state index in [2.05, 4.69) is 38.7 Å². The molecule has 2 atom stereocenters. The van der Waals surface area contributed by atoms with Gasteiger partial charge in [0.1, 0.15) is 6.17 Å². The van der Waals surface area contributed by atoms with Crippen LogP contribution in [0.1, 0.15) is 79.1 Å². The van der Waals surface area contributed by atoms with Gasteiger partial charge in [-0.1, -0.05) is 64.6 Å². The van der Waals surface area contributed by atoms with Gasteiger partial charge in [0.25, 0.3) is 0 Å². The van der Waals surface area contributed by atoms with Gasteiger partial charge in [-0.2, -0.15) is 0 Å². The van der Waals surface area contributed by atoms with Crippen LogP contribution >= 0.6 is 11.6 Å². The summed E-state index contributed by atoms with van der Waals surface area (Å²) < 4.78 is 17.5. The van der Waals surface area contributed by atoms with Gasteiger partial charge in [0.2, 0.25) is 0 Å². The fourth-order valence-corrected chi connectivity index (χ4v) is 3.88. The van der Waals surface area contributed by atoms with Gasteiger partial charge in [-0.25, -0.2) is 4.39 Å². The highest BCUT2D eigenvalue weighted by Gasteiger charge is 2.25. The van der Waals surface area contributed by atoms with Crippen molar-refractivity contribution in [3.63, 3.8) is 0 Å². The molecule has 0 radical (unpaired) electrons. The Morgan fingerprint density at radius 1 is 1.26 bits per heavy atom. The van der Waals surface area contributed by atoms with E-state index in [0.717, 1.165) is 24.5 Å². The number of alkyl halides is 1. The first kappa shape index (κ1) is 26.8. The molecule has 1 heterocycles. The van der Waals surface area contributed by atoms with Crippen LogP contribution in [0, 0.1) is 5.41 Å². The summed E-state index contributed by atoms with van der Waals surface area (Å²) in [5, 5.41) is 10.5. The molecule has 1 aliphatic rings. The number of ether oxygens (including phenoxy) is 1. The Labute approximate surface area is 172 Å². The summed E-state index contributed by atoms with van der Waals surface area (Å²) in [7, 11) is 1.57. The van der Waals surface area contributed by atoms with Gasteiger partial charge in [-0.05, 0) is 32.1 Å². The largest absolute Gasteiger partial charge is 0.389 e. The molecule has 0 aromatic carbocycles. The van der Waals surface area contributed by atoms with E-state index < -0.39 is 12.3 Å². The molecule has 1 rings (SSSR count). The van der Waals surface area contributed by atoms with Crippen LogP contribution < -0.4 is 0 Å². The molecular formula is C22H43ClFNO2. The molecule has 0 amide bonds. The van der Waals surface area contributed by atoms with Crippen molar-refractivity contribution in [3.05, 3.63) is 11.1 Å². The van der Waals surface area contributed by atoms with E-state index in [4.69, 9.17) is 16.3 Å². The molecule has 3 nitrogen and oxygen atoms in total. The minimum absolute atomic E-state index is 0.238. The van der Waals surface area contributed by atoms with Crippen molar-refractivity contribution in [2.75, 3.05) is 33.4 Å². The van der Waals surface area contributed by atoms with Gasteiger partial charge < -0.3 is 14.7 Å². The van der Waals surface area contributed by atoms with E-state index in [0.29, 0.717) is 26.0 Å². The second-order valence-electron chi connectivity index (χ2n) is 7.96. The molecule has 1 saturated heterocycles. The third-order valence-electron chi connectivity index (χ3n) is 5.19. The number of methoxy groups -OCH3 is 1. The Hall–Kier alpha value is -0.160. The fourth-order valence-electron chi connectivity index (χ4n) is 3.54. The van der Waals surface area contributed by atoms with Crippen LogP contribution in [-0.2, 0) is 4.74 Å². The van der Waals surface area contributed by atoms with Crippen LogP contribution in [0.2, 0.25) is 0 Å². The average molecular weight is 408 g/mol. The summed E-state index contributed by atoms with van der Waals surface area (Å²) in [5.74, 6) is 0. The molecule has 1 fully saturated rings. The SMILES string of the molecule is CC/C=C(/Cl)C(C)(CCC)CCCC.COCC(O)CN1CCC(F)CC1. The topological polar surface area (TPSA) is 32.7 Å². The number of hydrogen-bond donors (Lipinski definition) is 1. The van der Waals surface area contributed by atoms with Crippen LogP contribution in [0.4, 0.5) is 4.39 Å². The van der Waals surface area contributed by atoms with E-state index >= 15 is 0 Å². The molecule has 0 aromatic heterocycles. The third-order valence-corrected chi connectivity index (χ3v) is 5.80. The monoisotopic (exact) mass is 407 g/mol. The average Bonchev–Trinajstić information content (AvgIpc) is 2.63. The predicted octanol–water partition coefficient (Wildman–Crippen LogP) is 5.94. The quantitative estimate of drug-likeness (QED) is 0.459. The number of allylic oxidation sites excluding steroid dienone is 2. The van der Waals surface area contributed by atoms with Crippen LogP contribution in [0.15, 0.2) is 11.1 Å². The van der Waals surface area contributed by atoms with Crippen molar-refractivity contribution in [2.45, 2.75) is 91.3 Å². The van der Waals surface area contributed by atoms with E-state index in [-0.39, 0.29) is 5.41 Å². The Kier molecular flexibility index (Phi) is 15.6. The van der Waals surface area contributed by atoms with Crippen LogP contribution in [0.25, 0.3) is 0 Å². The van der Waals surface area contributed by atoms with Crippen molar-refractivity contribution in [2.24, 2.45) is 5.41 Å². The first-order chi connectivity index (χ1) is 12.8. The number of aliphatic hydroxyl groups is 1. The number of unbranched alkanes of at least 4 members (excludes halogenated alkanes) is 1. The lowest BCUT2D eigenvalue weighted by atomic mass is 9.80. The number of likely N-dealkylation sites (tertiary alicyclic amines) is 1. The maximum atomic E-state index is 12.7. The molecule has 0 aliphatic carbocycles. The first-order valence-corrected chi connectivity index (χ1v) is 11.1. The third kappa shape index (κ3) is 12.1. The predicted molar refractivity (Wildman–Crippen MR) is 115 cm³/mol. The standard InChI is InChI=1S/C13H25Cl.C9H18FNO2/c1-5-8-11-13(4,10-7-3)12(14)9-6-2;1-13-7-9(12)6-11-4-2-8(10)3-5-11/h9H,5-8,10-11H2,1-4H3;8-9,12H,2-7H2,1H3/b12-9+;. The van der Waals surface area contributed by atoms with E-state index in [1.54, 1.807) is 7.11 Å². The van der Waals surface area contributed by atoms with Crippen molar-refractivity contribution >= 4 is 11.6 Å². The van der Waals surface area contributed by atoms with Gasteiger partial charge in [0.15, 0.2) is 0 Å². The smallest absolute Gasteiger partial charge is 0.103 e. The second kappa shape index (κ2) is 15.7. The highest BCUT2D eigenvalue weighted by atomic mass is 35.5. The minimum Gasteiger partial charge on any atom is -0.389 e. The Bertz CT molecular complexity index is 387. The minimum atomic E-state index is -0.643. The van der Waals surface area contributed by atoms with Crippen LogP contribution in [0.3, 0.4) is 0 Å². The fraction of sp³-hybridized carbons (Fsp3) is 0.909. The van der Waals surface area contributed by atoms with E-state index in [9.17, 15) is 9.50 Å². The van der Waals surface area contributed by atoms with Gasteiger partial charge >= 0.3 is 0 Å². The van der Waals surface area contributed by atoms with Gasteiger partial charge in [-0.15, -0.1) is 0 Å². The molecule has 162 valence electrons. The summed E-state index contributed by atoms with van der Waals surface area (Å²) in [6.07, 6.45) is 9.52. The Balaban J connectivity index is 0.000000501. The first-order valence-electron chi connectivity index (χ1n) is 10.7. The molecule has 27 heavy (non-hydrogen) atoms. The number of halogens is 2. The second-order valence-corrected chi connectivity index (χ2v) is 8.37. The molecule has 1 N–H and O–H groups in total. The van der Waals surface area contributed by atoms with Crippen molar-refractivity contribution in [1.82, 2.24) is 4.90 Å². The summed E-state index contributed by atoms with van der Waals surface area (Å²) in [4.78, 5) is 2.08. The Morgan fingerprint density at radius 3 is 2.37 bits per heavy atom. The van der Waals surface area contributed by atoms with Crippen molar-refractivity contribution < 1.29 is 14.2 Å². The lowest BCUT2D eigenvalue weighted by Crippen LogP contribution is -2.40. The van der Waals surface area contributed by atoms with Crippen molar-refractivity contribution in [3.8, 4) is 0 Å². The lowest BCUT2D eigenvalue weighted by Gasteiger charge is -2.29. The molecule has 2 unspecified atom stereocenters. The number of hydrogen-bond acceptors (Lipinski definition) is 3. The molecule has 5 heteroatoms. The normalized spacial score (nSPS) is 19.9. The highest BCUT2D eigenvalue weighted by Crippen LogP contribution is 2.39. The maximum Gasteiger partial charge on any atom is 0.103 e. The molecule has 0 bridgehead atoms. The summed E-state index contributed by atoms with van der Waals surface area (Å²) in [5.41, 5.74) is 0.238. The van der Waals surface area contributed by atoms with Crippen molar-refractivity contribution in [1.29, 1.82) is 0 Å². The molecular weight excluding hydrogens is 365 g/mol. The zero-order valence-electron chi connectivity index (χ0n) is 18.3. The summed E-state index contributed by atoms with van der Waals surface area (Å²) in [6, 6.07) is 0. The lowest BCUT2D eigenvalue weighted by molar-refractivity contribution is 0.0268. The molecule has 0 spiro atoms. The summed E-state index contributed by atoms with van der Waals surface area (Å²) in [6.45, 7) is 11.4. The van der Waals surface area contributed by atoms with Crippen LogP contribution in [-0.4, -0.2) is 55.6 Å². The number of aliphatic hydroxyl groups excluding tert-OH is 1. The van der Waals surface area contributed by atoms with E-state index in [1.165, 1.54) is 32.1 Å². The van der Waals surface area contributed by atoms with Gasteiger partial charge in [0.05, 0.1) is 12.7 Å². The molecule has 0 aromatic rings. The number of rotatable bonds is 11. The van der Waals surface area contributed by atoms with E-state index in [1.807, 2.05) is 0 Å². The number of β-amino-alcohol motifs (C(OH)–C–C–N with tert-alkyl or cyclic N) is 1. The van der Waals surface area contributed by atoms with Gasteiger partial charge in [0, 0.05) is 37.2 Å². The number of nitrogens with zero attached hydrogens (tertiary/aromatic N) is 1. The molecule has 1 aliphatic heterocycles. The zero-order chi connectivity index (χ0) is 20.7. The van der Waals surface area contributed by atoms with Gasteiger partial charge in [-0.3, -0.25) is 0 Å².